The summed E-state index contributed by atoms with van der Waals surface area (Å²) in [6.45, 7) is 2.92. The first-order valence-corrected chi connectivity index (χ1v) is 8.89. The summed E-state index contributed by atoms with van der Waals surface area (Å²) in [4.78, 5) is 39.5. The van der Waals surface area contributed by atoms with E-state index in [-0.39, 0.29) is 23.1 Å². The number of aromatic nitrogens is 1. The van der Waals surface area contributed by atoms with Crippen molar-refractivity contribution < 1.29 is 14.4 Å². The van der Waals surface area contributed by atoms with E-state index in [0.29, 0.717) is 22.5 Å². The number of carbonyl (C=O) groups excluding carboxylic acids is 3. The number of hydrogen-bond donors (Lipinski definition) is 3. The summed E-state index contributed by atoms with van der Waals surface area (Å²) < 4.78 is 0. The van der Waals surface area contributed by atoms with Gasteiger partial charge in [0, 0.05) is 35.6 Å². The number of carbonyl (C=O) groups is 3. The number of nitrogens with one attached hydrogen (secondary N) is 2. The van der Waals surface area contributed by atoms with E-state index < -0.39 is 5.91 Å². The van der Waals surface area contributed by atoms with Crippen molar-refractivity contribution in [1.29, 1.82) is 0 Å². The van der Waals surface area contributed by atoms with Gasteiger partial charge in [-0.15, -0.1) is 0 Å². The molecule has 146 valence electrons. The number of nitrogen functional groups attached to an aromatic ring is 1. The minimum Gasteiger partial charge on any atom is -0.383 e. The average Bonchev–Trinajstić information content (AvgIpc) is 2.69. The summed E-state index contributed by atoms with van der Waals surface area (Å²) in [7, 11) is 0. The Kier molecular flexibility index (Phi) is 5.69. The molecule has 7 nitrogen and oxygen atoms in total. The van der Waals surface area contributed by atoms with E-state index in [1.165, 1.54) is 13.8 Å². The number of Topliss-reactive ketones (excluding diaryl/α,β-unsaturated/α-hetero) is 1. The third-order valence-electron chi connectivity index (χ3n) is 4.23. The molecule has 2 amide bonds. The summed E-state index contributed by atoms with van der Waals surface area (Å²) >= 11 is 0. The molecule has 0 saturated carbocycles. The number of rotatable bonds is 5. The zero-order valence-electron chi connectivity index (χ0n) is 16.0. The Hall–Kier alpha value is -4.00. The molecule has 0 aliphatic carbocycles. The molecular formula is C22H20N4O3. The summed E-state index contributed by atoms with van der Waals surface area (Å²) in [5.41, 5.74) is 9.32. The maximum absolute atomic E-state index is 12.7. The van der Waals surface area contributed by atoms with Gasteiger partial charge in [0.05, 0.1) is 5.56 Å². The third kappa shape index (κ3) is 4.84. The molecule has 0 bridgehead atoms. The summed E-state index contributed by atoms with van der Waals surface area (Å²) in [5.74, 6) is -0.530. The molecular weight excluding hydrogens is 368 g/mol. The Labute approximate surface area is 168 Å². The molecule has 0 unspecified atom stereocenters. The second kappa shape index (κ2) is 8.35. The maximum Gasteiger partial charge on any atom is 0.259 e. The van der Waals surface area contributed by atoms with Crippen molar-refractivity contribution in [3.8, 4) is 11.1 Å². The minimum absolute atomic E-state index is 0.0454. The van der Waals surface area contributed by atoms with Crippen LogP contribution in [0.1, 0.15) is 34.6 Å². The predicted octanol–water partition coefficient (Wildman–Crippen LogP) is 3.74. The number of ketones is 1. The lowest BCUT2D eigenvalue weighted by Gasteiger charge is -2.10. The van der Waals surface area contributed by atoms with Crippen LogP contribution in [0.15, 0.2) is 60.8 Å². The molecule has 0 fully saturated rings. The predicted molar refractivity (Wildman–Crippen MR) is 113 cm³/mol. The van der Waals surface area contributed by atoms with Crippen LogP contribution in [0.3, 0.4) is 0 Å². The number of anilines is 3. The largest absolute Gasteiger partial charge is 0.383 e. The van der Waals surface area contributed by atoms with Gasteiger partial charge in [-0.05, 0) is 48.9 Å². The Morgan fingerprint density at radius 2 is 1.52 bits per heavy atom. The molecule has 0 spiro atoms. The van der Waals surface area contributed by atoms with Crippen LogP contribution >= 0.6 is 0 Å². The smallest absolute Gasteiger partial charge is 0.259 e. The number of benzene rings is 2. The van der Waals surface area contributed by atoms with E-state index in [1.54, 1.807) is 54.7 Å². The molecule has 4 N–H and O–H groups in total. The highest BCUT2D eigenvalue weighted by atomic mass is 16.2. The van der Waals surface area contributed by atoms with Gasteiger partial charge in [-0.2, -0.15) is 0 Å². The van der Waals surface area contributed by atoms with Gasteiger partial charge in [-0.1, -0.05) is 18.2 Å². The molecule has 0 saturated heterocycles. The molecule has 0 aliphatic heterocycles. The van der Waals surface area contributed by atoms with Crippen molar-refractivity contribution in [3.05, 3.63) is 71.9 Å². The molecule has 3 rings (SSSR count). The first kappa shape index (κ1) is 19.8. The van der Waals surface area contributed by atoms with E-state index in [2.05, 4.69) is 15.6 Å². The molecule has 0 atom stereocenters. The number of pyridine rings is 1. The number of nitrogens with two attached hydrogens (primary N) is 1. The SMILES string of the molecule is CC(=O)Nc1ccc(NC(=O)c2cc(-c3cccc(C(C)=O)c3)cnc2N)cc1. The highest BCUT2D eigenvalue weighted by molar-refractivity contribution is 6.08. The van der Waals surface area contributed by atoms with Gasteiger partial charge in [0.15, 0.2) is 5.78 Å². The minimum atomic E-state index is -0.410. The van der Waals surface area contributed by atoms with Crippen LogP contribution in [0, 0.1) is 0 Å². The van der Waals surface area contributed by atoms with Crippen LogP contribution in [-0.2, 0) is 4.79 Å². The zero-order valence-corrected chi connectivity index (χ0v) is 16.0. The van der Waals surface area contributed by atoms with Crippen LogP contribution in [0.4, 0.5) is 17.2 Å². The molecule has 1 heterocycles. The second-order valence-corrected chi connectivity index (χ2v) is 6.51. The van der Waals surface area contributed by atoms with Crippen molar-refractivity contribution in [2.45, 2.75) is 13.8 Å². The van der Waals surface area contributed by atoms with E-state index in [9.17, 15) is 14.4 Å². The molecule has 0 radical (unpaired) electrons. The van der Waals surface area contributed by atoms with Gasteiger partial charge in [0.1, 0.15) is 5.82 Å². The normalized spacial score (nSPS) is 10.3. The van der Waals surface area contributed by atoms with Crippen molar-refractivity contribution in [1.82, 2.24) is 4.98 Å². The quantitative estimate of drug-likeness (QED) is 0.576. The standard InChI is InChI=1S/C22H20N4O3/c1-13(27)15-4-3-5-16(10-15)17-11-20(21(23)24-12-17)22(29)26-19-8-6-18(7-9-19)25-14(2)28/h3-12H,1-2H3,(H2,23,24)(H,25,28)(H,26,29). The second-order valence-electron chi connectivity index (χ2n) is 6.51. The van der Waals surface area contributed by atoms with Gasteiger partial charge in [0.2, 0.25) is 5.91 Å². The monoisotopic (exact) mass is 388 g/mol. The van der Waals surface area contributed by atoms with E-state index in [0.717, 1.165) is 5.56 Å². The van der Waals surface area contributed by atoms with Gasteiger partial charge in [0.25, 0.3) is 5.91 Å². The number of amides is 2. The maximum atomic E-state index is 12.7. The Balaban J connectivity index is 1.84. The Morgan fingerprint density at radius 3 is 2.14 bits per heavy atom. The lowest BCUT2D eigenvalue weighted by atomic mass is 10.0. The lowest BCUT2D eigenvalue weighted by Crippen LogP contribution is -2.15. The molecule has 0 aliphatic rings. The zero-order chi connectivity index (χ0) is 21.0. The lowest BCUT2D eigenvalue weighted by molar-refractivity contribution is -0.114. The van der Waals surface area contributed by atoms with E-state index in [1.807, 2.05) is 6.07 Å². The fraction of sp³-hybridized carbons (Fsp3) is 0.0909. The van der Waals surface area contributed by atoms with Crippen LogP contribution in [0.2, 0.25) is 0 Å². The first-order chi connectivity index (χ1) is 13.8. The Bertz CT molecular complexity index is 1090. The summed E-state index contributed by atoms with van der Waals surface area (Å²) in [6, 6.07) is 15.4. The van der Waals surface area contributed by atoms with Crippen LogP contribution in [-0.4, -0.2) is 22.6 Å². The molecule has 1 aromatic heterocycles. The van der Waals surface area contributed by atoms with Crippen molar-refractivity contribution in [2.24, 2.45) is 0 Å². The summed E-state index contributed by atoms with van der Waals surface area (Å²) in [5, 5.41) is 5.42. The molecule has 3 aromatic rings. The number of nitrogens with zero attached hydrogens (tertiary/aromatic N) is 1. The van der Waals surface area contributed by atoms with Gasteiger partial charge in [-0.3, -0.25) is 14.4 Å². The van der Waals surface area contributed by atoms with Crippen LogP contribution in [0.25, 0.3) is 11.1 Å². The van der Waals surface area contributed by atoms with Gasteiger partial charge < -0.3 is 16.4 Å². The highest BCUT2D eigenvalue weighted by Crippen LogP contribution is 2.24. The topological polar surface area (TPSA) is 114 Å². The third-order valence-corrected chi connectivity index (χ3v) is 4.23. The van der Waals surface area contributed by atoms with Crippen LogP contribution in [0.5, 0.6) is 0 Å². The molecule has 2 aromatic carbocycles. The Morgan fingerprint density at radius 1 is 0.862 bits per heavy atom. The first-order valence-electron chi connectivity index (χ1n) is 8.89. The summed E-state index contributed by atoms with van der Waals surface area (Å²) in [6.07, 6.45) is 1.56. The van der Waals surface area contributed by atoms with Gasteiger partial charge >= 0.3 is 0 Å². The van der Waals surface area contributed by atoms with Crippen molar-refractivity contribution in [3.63, 3.8) is 0 Å². The van der Waals surface area contributed by atoms with E-state index >= 15 is 0 Å². The molecule has 7 heteroatoms. The molecule has 29 heavy (non-hydrogen) atoms. The van der Waals surface area contributed by atoms with Crippen LogP contribution < -0.4 is 16.4 Å². The van der Waals surface area contributed by atoms with Crippen molar-refractivity contribution >= 4 is 34.8 Å². The average molecular weight is 388 g/mol. The fourth-order valence-corrected chi connectivity index (χ4v) is 2.77. The number of hydrogen-bond acceptors (Lipinski definition) is 5. The highest BCUT2D eigenvalue weighted by Gasteiger charge is 2.14. The van der Waals surface area contributed by atoms with E-state index in [4.69, 9.17) is 5.73 Å². The van der Waals surface area contributed by atoms with Crippen molar-refractivity contribution in [2.75, 3.05) is 16.4 Å². The fourth-order valence-electron chi connectivity index (χ4n) is 2.77. The van der Waals surface area contributed by atoms with Gasteiger partial charge in [-0.25, -0.2) is 4.98 Å².